The maximum Gasteiger partial charge on any atom is 0.164 e. The molecule has 0 aromatic rings. The quantitative estimate of drug-likeness (QED) is 0.305. The topological polar surface area (TPSA) is 50.7 Å². The smallest absolute Gasteiger partial charge is 0.164 e. The molecule has 1 saturated heterocycles. The lowest BCUT2D eigenvalue weighted by atomic mass is 9.52. The molecule has 0 amide bonds. The van der Waals surface area contributed by atoms with Gasteiger partial charge in [-0.3, -0.25) is 3.53 Å². The summed E-state index contributed by atoms with van der Waals surface area (Å²) in [6.07, 6.45) is 5.50. The van der Waals surface area contributed by atoms with E-state index in [0.29, 0.717) is 29.8 Å². The highest BCUT2D eigenvalue weighted by molar-refractivity contribution is 14.1. The summed E-state index contributed by atoms with van der Waals surface area (Å²) in [6, 6.07) is 0.156. The number of rotatable bonds is 1. The molecule has 162 valence electrons. The Morgan fingerprint density at radius 2 is 1.90 bits per heavy atom. The van der Waals surface area contributed by atoms with Gasteiger partial charge in [0, 0.05) is 45.7 Å². The van der Waals surface area contributed by atoms with Crippen LogP contribution in [0.3, 0.4) is 0 Å². The molecule has 5 aliphatic rings. The zero-order valence-corrected chi connectivity index (χ0v) is 20.9. The van der Waals surface area contributed by atoms with Crippen molar-refractivity contribution in [1.82, 2.24) is 3.53 Å². The van der Waals surface area contributed by atoms with E-state index in [0.717, 1.165) is 0 Å². The van der Waals surface area contributed by atoms with E-state index in [-0.39, 0.29) is 28.9 Å². The van der Waals surface area contributed by atoms with Crippen molar-refractivity contribution in [3.8, 4) is 0 Å². The molecule has 1 aliphatic heterocycles. The molecule has 4 aliphatic carbocycles. The van der Waals surface area contributed by atoms with Crippen molar-refractivity contribution in [2.45, 2.75) is 78.9 Å². The standard InChI is InChI=1S/C24H36INO3/c1-12-10-24-13(2)8-16-17(21(16,3)4)15(19(24)27)9-14-11-28-22(5,6)29-20(14)23(24,7)18(12)26-25/h9-10,13,15-20,26-27H,8,11H2,1-7H3/t13-,15+,16-,17+,18+,19?,20-,23?,24?/m1/s1. The maximum absolute atomic E-state index is 12.2. The first-order valence-corrected chi connectivity index (χ1v) is 12.3. The summed E-state index contributed by atoms with van der Waals surface area (Å²) >= 11 is 2.30. The van der Waals surface area contributed by atoms with Gasteiger partial charge in [0.15, 0.2) is 5.79 Å². The molecule has 0 radical (unpaired) electrons. The van der Waals surface area contributed by atoms with Crippen molar-refractivity contribution in [3.63, 3.8) is 0 Å². The second-order valence-corrected chi connectivity index (χ2v) is 12.3. The second kappa shape index (κ2) is 6.09. The fourth-order valence-corrected chi connectivity index (χ4v) is 9.33. The highest BCUT2D eigenvalue weighted by atomic mass is 127. The van der Waals surface area contributed by atoms with E-state index in [1.807, 2.05) is 13.8 Å². The molecule has 2 N–H and O–H groups in total. The van der Waals surface area contributed by atoms with Crippen LogP contribution in [-0.4, -0.2) is 35.8 Å². The number of fused-ring (bicyclic) bond motifs is 5. The highest BCUT2D eigenvalue weighted by Gasteiger charge is 2.74. The van der Waals surface area contributed by atoms with E-state index in [9.17, 15) is 5.11 Å². The van der Waals surface area contributed by atoms with Gasteiger partial charge in [-0.25, -0.2) is 0 Å². The zero-order valence-electron chi connectivity index (χ0n) is 18.8. The summed E-state index contributed by atoms with van der Waals surface area (Å²) in [7, 11) is 0. The molecule has 29 heavy (non-hydrogen) atoms. The minimum atomic E-state index is -0.622. The average molecular weight is 513 g/mol. The highest BCUT2D eigenvalue weighted by Crippen LogP contribution is 2.74. The molecule has 1 spiro atoms. The number of hydrogen-bond donors (Lipinski definition) is 2. The SMILES string of the molecule is CC1=CC23C(O)[C@@H](C=C4COC(C)(C)O[C@H]4C2(C)[C@H]1NI)[C@H]1[C@@H](C[C@H]3C)C1(C)C. The van der Waals surface area contributed by atoms with Gasteiger partial charge in [-0.05, 0) is 55.9 Å². The van der Waals surface area contributed by atoms with Crippen LogP contribution in [0.4, 0.5) is 0 Å². The molecule has 0 aromatic heterocycles. The number of hydrogen-bond acceptors (Lipinski definition) is 4. The van der Waals surface area contributed by atoms with Crippen LogP contribution in [-0.2, 0) is 9.47 Å². The van der Waals surface area contributed by atoms with Crippen LogP contribution >= 0.6 is 22.9 Å². The Hall–Kier alpha value is 0.0500. The van der Waals surface area contributed by atoms with Gasteiger partial charge in [0.05, 0.1) is 18.8 Å². The molecular weight excluding hydrogens is 477 g/mol. The third kappa shape index (κ3) is 2.40. The van der Waals surface area contributed by atoms with Gasteiger partial charge in [-0.1, -0.05) is 45.4 Å². The molecule has 4 nitrogen and oxygen atoms in total. The first kappa shape index (κ1) is 20.9. The summed E-state index contributed by atoms with van der Waals surface area (Å²) < 4.78 is 16.4. The number of ether oxygens (including phenoxy) is 2. The summed E-state index contributed by atoms with van der Waals surface area (Å²) in [5.41, 5.74) is 2.26. The zero-order chi connectivity index (χ0) is 21.1. The Bertz CT molecular complexity index is 804. The lowest BCUT2D eigenvalue weighted by molar-refractivity contribution is -0.285. The monoisotopic (exact) mass is 513 g/mol. The molecular formula is C24H36INO3. The van der Waals surface area contributed by atoms with Gasteiger partial charge in [0.1, 0.15) is 0 Å². The fourth-order valence-electron chi connectivity index (χ4n) is 8.19. The van der Waals surface area contributed by atoms with Crippen molar-refractivity contribution < 1.29 is 14.6 Å². The molecule has 0 aromatic carbocycles. The summed E-state index contributed by atoms with van der Waals surface area (Å²) in [4.78, 5) is 0. The molecule has 5 heteroatoms. The van der Waals surface area contributed by atoms with Gasteiger partial charge >= 0.3 is 0 Å². The number of halogens is 1. The molecule has 2 saturated carbocycles. The van der Waals surface area contributed by atoms with E-state index in [1.54, 1.807) is 0 Å². The van der Waals surface area contributed by atoms with E-state index in [1.165, 1.54) is 17.6 Å². The normalized spacial score (nSPS) is 54.2. The van der Waals surface area contributed by atoms with Crippen LogP contribution in [0.25, 0.3) is 0 Å². The third-order valence-corrected chi connectivity index (χ3v) is 10.3. The first-order chi connectivity index (χ1) is 13.4. The van der Waals surface area contributed by atoms with Gasteiger partial charge < -0.3 is 14.6 Å². The average Bonchev–Trinajstić information content (AvgIpc) is 3.10. The van der Waals surface area contributed by atoms with Crippen LogP contribution in [0, 0.1) is 39.9 Å². The molecule has 2 bridgehead atoms. The largest absolute Gasteiger partial charge is 0.392 e. The van der Waals surface area contributed by atoms with Crippen molar-refractivity contribution in [1.29, 1.82) is 0 Å². The number of aliphatic hydroxyl groups is 1. The Kier molecular flexibility index (Phi) is 4.39. The predicted octanol–water partition coefficient (Wildman–Crippen LogP) is 4.63. The minimum Gasteiger partial charge on any atom is -0.392 e. The Balaban J connectivity index is 1.76. The third-order valence-electron chi connectivity index (χ3n) is 9.67. The van der Waals surface area contributed by atoms with Crippen LogP contribution in [0.2, 0.25) is 0 Å². The summed E-state index contributed by atoms with van der Waals surface area (Å²) in [5, 5.41) is 12.2. The number of nitrogens with one attached hydrogen (secondary N) is 1. The van der Waals surface area contributed by atoms with E-state index in [2.05, 4.69) is 73.2 Å². The van der Waals surface area contributed by atoms with Crippen LogP contribution in [0.1, 0.15) is 54.9 Å². The number of aliphatic hydroxyl groups excluding tert-OH is 1. The van der Waals surface area contributed by atoms with E-state index >= 15 is 0 Å². The van der Waals surface area contributed by atoms with E-state index in [4.69, 9.17) is 9.47 Å². The lowest BCUT2D eigenvalue weighted by Gasteiger charge is -2.57. The lowest BCUT2D eigenvalue weighted by Crippen LogP contribution is -2.63. The fraction of sp³-hybridized carbons (Fsp3) is 0.833. The van der Waals surface area contributed by atoms with Crippen molar-refractivity contribution in [2.24, 2.45) is 39.9 Å². The van der Waals surface area contributed by atoms with E-state index < -0.39 is 11.9 Å². The maximum atomic E-state index is 12.2. The second-order valence-electron chi connectivity index (χ2n) is 11.7. The van der Waals surface area contributed by atoms with Crippen molar-refractivity contribution in [2.75, 3.05) is 6.61 Å². The van der Waals surface area contributed by atoms with Gasteiger partial charge in [-0.2, -0.15) is 0 Å². The minimum absolute atomic E-state index is 0.0762. The van der Waals surface area contributed by atoms with Crippen LogP contribution < -0.4 is 3.53 Å². The predicted molar refractivity (Wildman–Crippen MR) is 122 cm³/mol. The van der Waals surface area contributed by atoms with Gasteiger partial charge in [-0.15, -0.1) is 0 Å². The summed E-state index contributed by atoms with van der Waals surface area (Å²) in [5.74, 6) is 1.13. The van der Waals surface area contributed by atoms with Crippen LogP contribution in [0.15, 0.2) is 23.3 Å². The molecule has 3 unspecified atom stereocenters. The first-order valence-electron chi connectivity index (χ1n) is 11.2. The van der Waals surface area contributed by atoms with Gasteiger partial charge in [0.25, 0.3) is 0 Å². The Morgan fingerprint density at radius 1 is 1.21 bits per heavy atom. The van der Waals surface area contributed by atoms with Crippen LogP contribution in [0.5, 0.6) is 0 Å². The molecule has 9 atom stereocenters. The Morgan fingerprint density at radius 3 is 2.55 bits per heavy atom. The molecule has 3 fully saturated rings. The Labute approximate surface area is 189 Å². The van der Waals surface area contributed by atoms with Gasteiger partial charge in [0.2, 0.25) is 0 Å². The molecule has 5 rings (SSSR count). The summed E-state index contributed by atoms with van der Waals surface area (Å²) in [6.45, 7) is 16.4. The van der Waals surface area contributed by atoms with Crippen molar-refractivity contribution >= 4 is 22.9 Å². The molecule has 1 heterocycles. The van der Waals surface area contributed by atoms with Crippen molar-refractivity contribution in [3.05, 3.63) is 23.3 Å².